The summed E-state index contributed by atoms with van der Waals surface area (Å²) in [6.45, 7) is 0. The van der Waals surface area contributed by atoms with Gasteiger partial charge in [0.1, 0.15) is 0 Å². The van der Waals surface area contributed by atoms with Crippen molar-refractivity contribution >= 4 is 39.1 Å². The molecule has 4 nitrogen and oxygen atoms in total. The molecular weight excluding hydrogens is 333 g/mol. The molecule has 0 unspecified atom stereocenters. The highest BCUT2D eigenvalue weighted by molar-refractivity contribution is 7.89. The van der Waals surface area contributed by atoms with E-state index in [9.17, 15) is 13.2 Å². The standard InChI is InChI=1S/C14H11Cl2NO3S/c1-17(14(18)10-5-3-2-4-6-10)21(19,20)11-7-8-12(15)13(16)9-11/h2-9H,1H3. The first-order valence-corrected chi connectivity index (χ1v) is 8.07. The number of rotatable bonds is 3. The van der Waals surface area contributed by atoms with E-state index < -0.39 is 15.9 Å². The Morgan fingerprint density at radius 2 is 1.62 bits per heavy atom. The maximum absolute atomic E-state index is 12.4. The van der Waals surface area contributed by atoms with Crippen LogP contribution in [0, 0.1) is 0 Å². The zero-order valence-electron chi connectivity index (χ0n) is 11.0. The van der Waals surface area contributed by atoms with Crippen molar-refractivity contribution in [2.24, 2.45) is 0 Å². The molecular formula is C14H11Cl2NO3S. The van der Waals surface area contributed by atoms with Crippen molar-refractivity contribution in [3.05, 3.63) is 64.1 Å². The van der Waals surface area contributed by atoms with Gasteiger partial charge in [0.2, 0.25) is 0 Å². The van der Waals surface area contributed by atoms with Crippen molar-refractivity contribution in [1.29, 1.82) is 0 Å². The van der Waals surface area contributed by atoms with Crippen LogP contribution in [-0.2, 0) is 10.0 Å². The van der Waals surface area contributed by atoms with Crippen molar-refractivity contribution in [2.45, 2.75) is 4.90 Å². The third-order valence-electron chi connectivity index (χ3n) is 2.86. The molecule has 0 saturated carbocycles. The maximum Gasteiger partial charge on any atom is 0.267 e. The fraction of sp³-hybridized carbons (Fsp3) is 0.0714. The fourth-order valence-electron chi connectivity index (χ4n) is 1.67. The molecule has 0 aliphatic heterocycles. The summed E-state index contributed by atoms with van der Waals surface area (Å²) in [5.74, 6) is -0.623. The van der Waals surface area contributed by atoms with Crippen molar-refractivity contribution < 1.29 is 13.2 Å². The Balaban J connectivity index is 2.39. The molecule has 21 heavy (non-hydrogen) atoms. The molecule has 0 aliphatic rings. The van der Waals surface area contributed by atoms with E-state index in [1.165, 1.54) is 25.2 Å². The molecule has 1 amide bonds. The predicted molar refractivity (Wildman–Crippen MR) is 82.2 cm³/mol. The lowest BCUT2D eigenvalue weighted by molar-refractivity contribution is 0.0883. The van der Waals surface area contributed by atoms with Crippen LogP contribution in [0.4, 0.5) is 0 Å². The molecule has 2 aromatic rings. The summed E-state index contributed by atoms with van der Waals surface area (Å²) >= 11 is 11.6. The topological polar surface area (TPSA) is 54.5 Å². The van der Waals surface area contributed by atoms with Crippen LogP contribution < -0.4 is 0 Å². The van der Waals surface area contributed by atoms with E-state index in [1.54, 1.807) is 30.3 Å². The Kier molecular flexibility index (Phi) is 4.56. The highest BCUT2D eigenvalue weighted by Gasteiger charge is 2.26. The van der Waals surface area contributed by atoms with E-state index >= 15 is 0 Å². The van der Waals surface area contributed by atoms with Crippen LogP contribution in [0.3, 0.4) is 0 Å². The first-order chi connectivity index (χ1) is 9.84. The SMILES string of the molecule is CN(C(=O)c1ccccc1)S(=O)(=O)c1ccc(Cl)c(Cl)c1. The molecule has 0 N–H and O–H groups in total. The van der Waals surface area contributed by atoms with Crippen molar-refractivity contribution in [3.8, 4) is 0 Å². The lowest BCUT2D eigenvalue weighted by Gasteiger charge is -2.18. The van der Waals surface area contributed by atoms with Gasteiger partial charge in [-0.05, 0) is 30.3 Å². The highest BCUT2D eigenvalue weighted by Crippen LogP contribution is 2.26. The van der Waals surface area contributed by atoms with Gasteiger partial charge in [0, 0.05) is 12.6 Å². The minimum Gasteiger partial charge on any atom is -0.268 e. The van der Waals surface area contributed by atoms with E-state index in [4.69, 9.17) is 23.2 Å². The molecule has 0 spiro atoms. The summed E-state index contributed by atoms with van der Waals surface area (Å²) in [6, 6.07) is 12.0. The highest BCUT2D eigenvalue weighted by atomic mass is 35.5. The average Bonchev–Trinajstić information content (AvgIpc) is 2.49. The lowest BCUT2D eigenvalue weighted by Crippen LogP contribution is -2.33. The second-order valence-corrected chi connectivity index (χ2v) is 7.00. The second kappa shape index (κ2) is 6.05. The molecule has 0 aliphatic carbocycles. The summed E-state index contributed by atoms with van der Waals surface area (Å²) in [5, 5.41) is 0.353. The largest absolute Gasteiger partial charge is 0.268 e. The van der Waals surface area contributed by atoms with Crippen LogP contribution in [0.15, 0.2) is 53.4 Å². The van der Waals surface area contributed by atoms with E-state index in [2.05, 4.69) is 0 Å². The van der Waals surface area contributed by atoms with Crippen LogP contribution in [0.1, 0.15) is 10.4 Å². The Labute approximate surface area is 133 Å². The zero-order valence-corrected chi connectivity index (χ0v) is 13.3. The van der Waals surface area contributed by atoms with Crippen LogP contribution in [0.2, 0.25) is 10.0 Å². The fourth-order valence-corrected chi connectivity index (χ4v) is 3.18. The van der Waals surface area contributed by atoms with Crippen LogP contribution in [0.5, 0.6) is 0 Å². The Hall–Kier alpha value is -1.56. The van der Waals surface area contributed by atoms with Gasteiger partial charge < -0.3 is 0 Å². The molecule has 0 fully saturated rings. The summed E-state index contributed by atoms with van der Waals surface area (Å²) in [6.07, 6.45) is 0. The summed E-state index contributed by atoms with van der Waals surface area (Å²) in [7, 11) is -2.78. The van der Waals surface area contributed by atoms with Gasteiger partial charge in [0.05, 0.1) is 14.9 Å². The zero-order chi connectivity index (χ0) is 15.6. The molecule has 0 saturated heterocycles. The van der Waals surface area contributed by atoms with Gasteiger partial charge in [-0.2, -0.15) is 0 Å². The van der Waals surface area contributed by atoms with Gasteiger partial charge in [0.25, 0.3) is 15.9 Å². The van der Waals surface area contributed by atoms with E-state index in [0.717, 1.165) is 0 Å². The first-order valence-electron chi connectivity index (χ1n) is 5.87. The third kappa shape index (κ3) is 3.20. The van der Waals surface area contributed by atoms with Gasteiger partial charge in [0.15, 0.2) is 0 Å². The summed E-state index contributed by atoms with van der Waals surface area (Å²) in [5.41, 5.74) is 0.281. The molecule has 2 rings (SSSR count). The average molecular weight is 344 g/mol. The molecule has 2 aromatic carbocycles. The van der Waals surface area contributed by atoms with Crippen molar-refractivity contribution in [3.63, 3.8) is 0 Å². The molecule has 0 bridgehead atoms. The number of amides is 1. The minimum absolute atomic E-state index is 0.0938. The third-order valence-corrected chi connectivity index (χ3v) is 5.33. The number of carbonyl (C=O) groups is 1. The molecule has 0 atom stereocenters. The van der Waals surface area contributed by atoms with Gasteiger partial charge >= 0.3 is 0 Å². The number of sulfonamides is 1. The van der Waals surface area contributed by atoms with Crippen LogP contribution in [0.25, 0.3) is 0 Å². The minimum atomic E-state index is -3.98. The Morgan fingerprint density at radius 1 is 1.00 bits per heavy atom. The quantitative estimate of drug-likeness (QED) is 0.857. The number of hydrogen-bond donors (Lipinski definition) is 0. The second-order valence-electron chi connectivity index (χ2n) is 4.22. The molecule has 0 heterocycles. The van der Waals surface area contributed by atoms with Gasteiger partial charge in [-0.25, -0.2) is 12.7 Å². The number of benzene rings is 2. The van der Waals surface area contributed by atoms with Crippen LogP contribution in [-0.4, -0.2) is 25.7 Å². The monoisotopic (exact) mass is 343 g/mol. The van der Waals surface area contributed by atoms with E-state index in [0.29, 0.717) is 4.31 Å². The molecule has 0 aromatic heterocycles. The predicted octanol–water partition coefficient (Wildman–Crippen LogP) is 3.45. The first kappa shape index (κ1) is 15.8. The number of carbonyl (C=O) groups excluding carboxylic acids is 1. The molecule has 0 radical (unpaired) electrons. The van der Waals surface area contributed by atoms with E-state index in [-0.39, 0.29) is 20.5 Å². The Morgan fingerprint density at radius 3 is 2.19 bits per heavy atom. The number of nitrogens with zero attached hydrogens (tertiary/aromatic N) is 1. The number of halogens is 2. The maximum atomic E-state index is 12.4. The molecule has 110 valence electrons. The summed E-state index contributed by atoms with van der Waals surface area (Å²) < 4.78 is 25.5. The summed E-state index contributed by atoms with van der Waals surface area (Å²) in [4.78, 5) is 12.1. The Bertz CT molecular complexity index is 776. The van der Waals surface area contributed by atoms with Gasteiger partial charge in [-0.15, -0.1) is 0 Å². The van der Waals surface area contributed by atoms with Gasteiger partial charge in [-0.1, -0.05) is 41.4 Å². The van der Waals surface area contributed by atoms with Crippen LogP contribution >= 0.6 is 23.2 Å². The van der Waals surface area contributed by atoms with Crippen molar-refractivity contribution in [2.75, 3.05) is 7.05 Å². The molecule has 7 heteroatoms. The van der Waals surface area contributed by atoms with Crippen molar-refractivity contribution in [1.82, 2.24) is 4.31 Å². The van der Waals surface area contributed by atoms with E-state index in [1.807, 2.05) is 0 Å². The van der Waals surface area contributed by atoms with Gasteiger partial charge in [-0.3, -0.25) is 4.79 Å². The number of hydrogen-bond acceptors (Lipinski definition) is 3. The normalized spacial score (nSPS) is 11.2. The lowest BCUT2D eigenvalue weighted by atomic mass is 10.2. The smallest absolute Gasteiger partial charge is 0.267 e.